The lowest BCUT2D eigenvalue weighted by molar-refractivity contribution is 0.0931. The number of amides is 1. The minimum absolute atomic E-state index is 0.0586. The summed E-state index contributed by atoms with van der Waals surface area (Å²) in [5, 5.41) is 2.96. The van der Waals surface area contributed by atoms with Crippen LogP contribution in [0, 0.1) is 0 Å². The third-order valence-corrected chi connectivity index (χ3v) is 3.51. The Morgan fingerprint density at radius 1 is 1.37 bits per heavy atom. The number of rotatable bonds is 3. The Labute approximate surface area is 120 Å². The molecule has 1 amide bonds. The first-order valence-electron chi connectivity index (χ1n) is 5.95. The van der Waals surface area contributed by atoms with Gasteiger partial charge in [0.1, 0.15) is 5.69 Å². The Hall–Kier alpha value is -1.75. The van der Waals surface area contributed by atoms with Gasteiger partial charge in [-0.15, -0.1) is 0 Å². The molecule has 0 aliphatic carbocycles. The van der Waals surface area contributed by atoms with Crippen LogP contribution in [0.5, 0.6) is 0 Å². The average molecular weight is 322 g/mol. The Balaban J connectivity index is 2.10. The normalized spacial score (nSPS) is 12.2. The first-order valence-corrected chi connectivity index (χ1v) is 6.75. The van der Waals surface area contributed by atoms with Gasteiger partial charge < -0.3 is 15.6 Å². The van der Waals surface area contributed by atoms with E-state index in [9.17, 15) is 4.79 Å². The van der Waals surface area contributed by atoms with Crippen LogP contribution in [0.1, 0.15) is 29.0 Å². The van der Waals surface area contributed by atoms with Gasteiger partial charge in [0.15, 0.2) is 0 Å². The standard InChI is InChI=1S/C14H16BrN3O/c1-9(10-3-5-11(15)6-4-10)17-14(19)13-7-12(16)8-18(13)2/h3-9H,16H2,1-2H3,(H,17,19). The molecule has 4 nitrogen and oxygen atoms in total. The van der Waals surface area contributed by atoms with Gasteiger partial charge in [-0.2, -0.15) is 0 Å². The second-order valence-corrected chi connectivity index (χ2v) is 5.43. The largest absolute Gasteiger partial charge is 0.397 e. The van der Waals surface area contributed by atoms with Gasteiger partial charge in [0, 0.05) is 17.7 Å². The van der Waals surface area contributed by atoms with Crippen LogP contribution in [-0.2, 0) is 7.05 Å². The first-order chi connectivity index (χ1) is 8.97. The van der Waals surface area contributed by atoms with E-state index in [1.165, 1.54) is 0 Å². The predicted octanol–water partition coefficient (Wildman–Crippen LogP) is 2.86. The second kappa shape index (κ2) is 5.48. The SMILES string of the molecule is CC(NC(=O)c1cc(N)cn1C)c1ccc(Br)cc1. The third-order valence-electron chi connectivity index (χ3n) is 2.98. The molecule has 1 aromatic heterocycles. The van der Waals surface area contributed by atoms with Crippen LogP contribution < -0.4 is 11.1 Å². The van der Waals surface area contributed by atoms with Crippen molar-refractivity contribution in [3.63, 3.8) is 0 Å². The Morgan fingerprint density at radius 2 is 2.00 bits per heavy atom. The molecule has 1 atom stereocenters. The lowest BCUT2D eigenvalue weighted by Crippen LogP contribution is -2.28. The molecule has 5 heteroatoms. The number of carbonyl (C=O) groups excluding carboxylic acids is 1. The van der Waals surface area contributed by atoms with Gasteiger partial charge in [-0.05, 0) is 30.7 Å². The maximum Gasteiger partial charge on any atom is 0.268 e. The quantitative estimate of drug-likeness (QED) is 0.913. The number of nitrogens with one attached hydrogen (secondary N) is 1. The van der Waals surface area contributed by atoms with Gasteiger partial charge in [0.25, 0.3) is 5.91 Å². The molecule has 0 radical (unpaired) electrons. The minimum atomic E-state index is -0.130. The highest BCUT2D eigenvalue weighted by Crippen LogP contribution is 2.17. The highest BCUT2D eigenvalue weighted by Gasteiger charge is 2.14. The van der Waals surface area contributed by atoms with E-state index in [0.717, 1.165) is 10.0 Å². The van der Waals surface area contributed by atoms with E-state index in [4.69, 9.17) is 5.73 Å². The van der Waals surface area contributed by atoms with E-state index in [0.29, 0.717) is 11.4 Å². The zero-order valence-electron chi connectivity index (χ0n) is 10.9. The minimum Gasteiger partial charge on any atom is -0.397 e. The van der Waals surface area contributed by atoms with Crippen molar-refractivity contribution in [3.05, 3.63) is 52.3 Å². The molecule has 0 aliphatic rings. The number of hydrogen-bond acceptors (Lipinski definition) is 2. The van der Waals surface area contributed by atoms with Crippen molar-refractivity contribution < 1.29 is 4.79 Å². The summed E-state index contributed by atoms with van der Waals surface area (Å²) in [6.07, 6.45) is 1.72. The van der Waals surface area contributed by atoms with E-state index in [1.54, 1.807) is 23.9 Å². The summed E-state index contributed by atoms with van der Waals surface area (Å²) in [6.45, 7) is 1.95. The molecule has 100 valence electrons. The molecule has 2 rings (SSSR count). The smallest absolute Gasteiger partial charge is 0.268 e. The molecule has 1 unspecified atom stereocenters. The number of hydrogen-bond donors (Lipinski definition) is 2. The summed E-state index contributed by atoms with van der Waals surface area (Å²) in [5.41, 5.74) is 7.87. The van der Waals surface area contributed by atoms with Crippen molar-refractivity contribution in [1.82, 2.24) is 9.88 Å². The number of aromatic nitrogens is 1. The number of anilines is 1. The summed E-state index contributed by atoms with van der Waals surface area (Å²) in [7, 11) is 1.80. The number of aryl methyl sites for hydroxylation is 1. The van der Waals surface area contributed by atoms with Crippen LogP contribution in [0.25, 0.3) is 0 Å². The maximum absolute atomic E-state index is 12.1. The molecule has 3 N–H and O–H groups in total. The van der Waals surface area contributed by atoms with Crippen molar-refractivity contribution in [2.45, 2.75) is 13.0 Å². The number of halogens is 1. The molecule has 0 saturated heterocycles. The van der Waals surface area contributed by atoms with Crippen molar-refractivity contribution in [3.8, 4) is 0 Å². The molecule has 0 bridgehead atoms. The van der Waals surface area contributed by atoms with Crippen molar-refractivity contribution in [2.75, 3.05) is 5.73 Å². The lowest BCUT2D eigenvalue weighted by atomic mass is 10.1. The molecular weight excluding hydrogens is 306 g/mol. The molecule has 19 heavy (non-hydrogen) atoms. The Morgan fingerprint density at radius 3 is 2.53 bits per heavy atom. The van der Waals surface area contributed by atoms with Gasteiger partial charge in [-0.25, -0.2) is 0 Å². The first kappa shape index (κ1) is 13.7. The molecule has 1 aromatic carbocycles. The maximum atomic E-state index is 12.1. The summed E-state index contributed by atoms with van der Waals surface area (Å²) in [5.74, 6) is -0.130. The van der Waals surface area contributed by atoms with Crippen molar-refractivity contribution in [2.24, 2.45) is 7.05 Å². The number of benzene rings is 1. The molecule has 2 aromatic rings. The van der Waals surface area contributed by atoms with Crippen LogP contribution in [0.2, 0.25) is 0 Å². The van der Waals surface area contributed by atoms with E-state index in [2.05, 4.69) is 21.2 Å². The third kappa shape index (κ3) is 3.17. The van der Waals surface area contributed by atoms with Crippen molar-refractivity contribution >= 4 is 27.5 Å². The van der Waals surface area contributed by atoms with Crippen LogP contribution in [0.4, 0.5) is 5.69 Å². The average Bonchev–Trinajstić information content (AvgIpc) is 2.69. The zero-order valence-corrected chi connectivity index (χ0v) is 12.4. The highest BCUT2D eigenvalue weighted by molar-refractivity contribution is 9.10. The second-order valence-electron chi connectivity index (χ2n) is 4.52. The fraction of sp³-hybridized carbons (Fsp3) is 0.214. The lowest BCUT2D eigenvalue weighted by Gasteiger charge is -2.14. The monoisotopic (exact) mass is 321 g/mol. The predicted molar refractivity (Wildman–Crippen MR) is 79.8 cm³/mol. The van der Waals surface area contributed by atoms with Gasteiger partial charge in [0.05, 0.1) is 11.7 Å². The van der Waals surface area contributed by atoms with Crippen LogP contribution in [0.15, 0.2) is 41.0 Å². The highest BCUT2D eigenvalue weighted by atomic mass is 79.9. The van der Waals surface area contributed by atoms with Crippen LogP contribution >= 0.6 is 15.9 Å². The number of nitrogen functional groups attached to an aromatic ring is 1. The summed E-state index contributed by atoms with van der Waals surface area (Å²) in [4.78, 5) is 12.1. The Kier molecular flexibility index (Phi) is 3.95. The van der Waals surface area contributed by atoms with Gasteiger partial charge in [0.2, 0.25) is 0 Å². The molecule has 0 fully saturated rings. The van der Waals surface area contributed by atoms with E-state index >= 15 is 0 Å². The fourth-order valence-corrected chi connectivity index (χ4v) is 2.19. The zero-order chi connectivity index (χ0) is 14.0. The van der Waals surface area contributed by atoms with E-state index < -0.39 is 0 Å². The molecule has 0 spiro atoms. The summed E-state index contributed by atoms with van der Waals surface area (Å²) >= 11 is 3.39. The molecular formula is C14H16BrN3O. The van der Waals surface area contributed by atoms with Crippen LogP contribution in [0.3, 0.4) is 0 Å². The van der Waals surface area contributed by atoms with Crippen LogP contribution in [-0.4, -0.2) is 10.5 Å². The van der Waals surface area contributed by atoms with Crippen molar-refractivity contribution in [1.29, 1.82) is 0 Å². The number of nitrogens with two attached hydrogens (primary N) is 1. The van der Waals surface area contributed by atoms with E-state index in [-0.39, 0.29) is 11.9 Å². The van der Waals surface area contributed by atoms with Gasteiger partial charge >= 0.3 is 0 Å². The van der Waals surface area contributed by atoms with Gasteiger partial charge in [-0.3, -0.25) is 4.79 Å². The fourth-order valence-electron chi connectivity index (χ4n) is 1.92. The molecule has 0 saturated carbocycles. The van der Waals surface area contributed by atoms with E-state index in [1.807, 2.05) is 31.2 Å². The number of nitrogens with zero attached hydrogens (tertiary/aromatic N) is 1. The summed E-state index contributed by atoms with van der Waals surface area (Å²) < 4.78 is 2.74. The number of carbonyl (C=O) groups is 1. The molecule has 0 aliphatic heterocycles. The topological polar surface area (TPSA) is 60.1 Å². The molecule has 1 heterocycles. The van der Waals surface area contributed by atoms with Gasteiger partial charge in [-0.1, -0.05) is 28.1 Å². The summed E-state index contributed by atoms with van der Waals surface area (Å²) in [6, 6.07) is 9.49. The Bertz CT molecular complexity index is 589.